The Balaban J connectivity index is 1.53. The van der Waals surface area contributed by atoms with E-state index in [0.29, 0.717) is 28.0 Å². The number of benzene rings is 1. The number of thioether (sulfide) groups is 1. The van der Waals surface area contributed by atoms with Gasteiger partial charge in [0.2, 0.25) is 17.7 Å². The van der Waals surface area contributed by atoms with Crippen molar-refractivity contribution in [3.63, 3.8) is 0 Å². The first-order valence-corrected chi connectivity index (χ1v) is 13.0. The number of aromatic nitrogens is 1. The number of amides is 3. The second-order valence-electron chi connectivity index (χ2n) is 7.85. The third kappa shape index (κ3) is 4.52. The van der Waals surface area contributed by atoms with E-state index < -0.39 is 6.04 Å². The van der Waals surface area contributed by atoms with Crippen LogP contribution in [0.25, 0.3) is 11.3 Å². The van der Waals surface area contributed by atoms with Gasteiger partial charge < -0.3 is 5.32 Å². The fraction of sp³-hybridized carbons (Fsp3) is 0.455. The summed E-state index contributed by atoms with van der Waals surface area (Å²) in [7, 11) is 0. The molecule has 0 bridgehead atoms. The van der Waals surface area contributed by atoms with Crippen LogP contribution in [0, 0.1) is 11.8 Å². The summed E-state index contributed by atoms with van der Waals surface area (Å²) in [5, 5.41) is 5.66. The molecule has 6 nitrogen and oxygen atoms in total. The molecule has 1 saturated carbocycles. The summed E-state index contributed by atoms with van der Waals surface area (Å²) < 4.78 is 0. The normalized spacial score (nSPS) is 21.8. The summed E-state index contributed by atoms with van der Waals surface area (Å²) in [6, 6.07) is 6.57. The van der Waals surface area contributed by atoms with Gasteiger partial charge in [0.15, 0.2) is 5.13 Å². The number of thiazole rings is 1. The first-order chi connectivity index (χ1) is 15.0. The number of nitrogens with one attached hydrogen (secondary N) is 1. The number of carbonyl (C=O) groups excluding carboxylic acids is 3. The molecule has 0 spiro atoms. The van der Waals surface area contributed by atoms with Crippen LogP contribution in [0.15, 0.2) is 29.6 Å². The summed E-state index contributed by atoms with van der Waals surface area (Å²) in [5.74, 6) is -0.601. The van der Waals surface area contributed by atoms with Crippen molar-refractivity contribution in [2.45, 2.75) is 38.1 Å². The van der Waals surface area contributed by atoms with Crippen molar-refractivity contribution in [2.24, 2.45) is 11.8 Å². The molecule has 2 aliphatic rings. The monoisotopic (exact) mass is 477 g/mol. The summed E-state index contributed by atoms with van der Waals surface area (Å²) >= 11 is 9.13. The summed E-state index contributed by atoms with van der Waals surface area (Å²) in [5.41, 5.74) is 1.46. The average Bonchev–Trinajstić information content (AvgIpc) is 3.33. The SMILES string of the molecule is CSCCC(C(=O)Nc1nc(-c2ccccc2Cl)cs1)N1C(=O)C2CCCCC2C1=O. The van der Waals surface area contributed by atoms with Crippen LogP contribution in [0.4, 0.5) is 5.13 Å². The molecule has 0 radical (unpaired) electrons. The van der Waals surface area contributed by atoms with Gasteiger partial charge in [-0.25, -0.2) is 4.98 Å². The van der Waals surface area contributed by atoms with E-state index in [1.807, 2.05) is 29.8 Å². The molecule has 1 aliphatic carbocycles. The largest absolute Gasteiger partial charge is 0.300 e. The quantitative estimate of drug-likeness (QED) is 0.585. The molecule has 31 heavy (non-hydrogen) atoms. The number of nitrogens with zero attached hydrogens (tertiary/aromatic N) is 2. The molecule has 3 unspecified atom stereocenters. The molecule has 2 fully saturated rings. The smallest absolute Gasteiger partial charge is 0.249 e. The number of likely N-dealkylation sites (tertiary alicyclic amines) is 1. The number of halogens is 1. The van der Waals surface area contributed by atoms with Crippen LogP contribution in [0.5, 0.6) is 0 Å². The van der Waals surface area contributed by atoms with Gasteiger partial charge in [-0.15, -0.1) is 11.3 Å². The van der Waals surface area contributed by atoms with Gasteiger partial charge in [0, 0.05) is 16.0 Å². The minimum Gasteiger partial charge on any atom is -0.300 e. The van der Waals surface area contributed by atoms with Gasteiger partial charge in [0.25, 0.3) is 0 Å². The van der Waals surface area contributed by atoms with Gasteiger partial charge >= 0.3 is 0 Å². The molecule has 2 heterocycles. The van der Waals surface area contributed by atoms with Crippen molar-refractivity contribution >= 4 is 57.6 Å². The molecular weight excluding hydrogens is 454 g/mol. The number of hydrogen-bond acceptors (Lipinski definition) is 6. The second-order valence-corrected chi connectivity index (χ2v) is 10.1. The van der Waals surface area contributed by atoms with Crippen LogP contribution in [0.1, 0.15) is 32.1 Å². The molecule has 1 aromatic carbocycles. The Morgan fingerprint density at radius 2 is 1.94 bits per heavy atom. The van der Waals surface area contributed by atoms with Crippen molar-refractivity contribution in [1.82, 2.24) is 9.88 Å². The lowest BCUT2D eigenvalue weighted by atomic mass is 9.81. The fourth-order valence-corrected chi connectivity index (χ4v) is 5.82. The molecule has 9 heteroatoms. The van der Waals surface area contributed by atoms with Crippen molar-refractivity contribution in [3.8, 4) is 11.3 Å². The Morgan fingerprint density at radius 3 is 2.58 bits per heavy atom. The third-order valence-electron chi connectivity index (χ3n) is 5.97. The van der Waals surface area contributed by atoms with Gasteiger partial charge in [0.1, 0.15) is 6.04 Å². The molecule has 1 saturated heterocycles. The molecule has 4 rings (SSSR count). The van der Waals surface area contributed by atoms with Crippen molar-refractivity contribution < 1.29 is 14.4 Å². The highest BCUT2D eigenvalue weighted by atomic mass is 35.5. The van der Waals surface area contributed by atoms with Crippen LogP contribution in [0.2, 0.25) is 5.02 Å². The van der Waals surface area contributed by atoms with Gasteiger partial charge in [-0.05, 0) is 37.3 Å². The highest BCUT2D eigenvalue weighted by Gasteiger charge is 2.51. The van der Waals surface area contributed by atoms with Crippen LogP contribution in [-0.4, -0.2) is 45.7 Å². The first kappa shape index (κ1) is 22.3. The number of carbonyl (C=O) groups is 3. The van der Waals surface area contributed by atoms with Crippen LogP contribution >= 0.6 is 34.7 Å². The summed E-state index contributed by atoms with van der Waals surface area (Å²) in [4.78, 5) is 45.0. The highest BCUT2D eigenvalue weighted by Crippen LogP contribution is 2.39. The van der Waals surface area contributed by atoms with Crippen LogP contribution < -0.4 is 5.32 Å². The van der Waals surface area contributed by atoms with E-state index in [4.69, 9.17) is 11.6 Å². The lowest BCUT2D eigenvalue weighted by Gasteiger charge is -2.25. The molecule has 1 aromatic heterocycles. The molecule has 1 N–H and O–H groups in total. The Morgan fingerprint density at radius 1 is 1.26 bits per heavy atom. The van der Waals surface area contributed by atoms with Crippen molar-refractivity contribution in [3.05, 3.63) is 34.7 Å². The molecule has 3 amide bonds. The standard InChI is InChI=1S/C22H24ClN3O3S2/c1-30-11-10-18(26-20(28)13-6-2-3-7-14(13)21(26)29)19(27)25-22-24-17(12-31-22)15-8-4-5-9-16(15)23/h4-5,8-9,12-14,18H,2-3,6-7,10-11H2,1H3,(H,24,25,27). The Hall–Kier alpha value is -1.90. The number of imide groups is 1. The van der Waals surface area contributed by atoms with E-state index in [2.05, 4.69) is 10.3 Å². The lowest BCUT2D eigenvalue weighted by Crippen LogP contribution is -2.48. The molecule has 164 valence electrons. The van der Waals surface area contributed by atoms with E-state index in [-0.39, 0.29) is 29.6 Å². The molecule has 3 atom stereocenters. The number of anilines is 1. The number of fused-ring (bicyclic) bond motifs is 1. The predicted molar refractivity (Wildman–Crippen MR) is 125 cm³/mol. The highest BCUT2D eigenvalue weighted by molar-refractivity contribution is 7.98. The maximum absolute atomic E-state index is 13.2. The second kappa shape index (κ2) is 9.71. The van der Waals surface area contributed by atoms with Gasteiger partial charge in [-0.3, -0.25) is 19.3 Å². The van der Waals surface area contributed by atoms with E-state index >= 15 is 0 Å². The Labute approximate surface area is 194 Å². The fourth-order valence-electron chi connectivity index (χ4n) is 4.41. The van der Waals surface area contributed by atoms with E-state index in [1.54, 1.807) is 17.8 Å². The van der Waals surface area contributed by atoms with Gasteiger partial charge in [-0.2, -0.15) is 11.8 Å². The summed E-state index contributed by atoms with van der Waals surface area (Å²) in [6.07, 6.45) is 5.75. The maximum atomic E-state index is 13.2. The first-order valence-electron chi connectivity index (χ1n) is 10.4. The van der Waals surface area contributed by atoms with Crippen LogP contribution in [0.3, 0.4) is 0 Å². The van der Waals surface area contributed by atoms with Gasteiger partial charge in [0.05, 0.1) is 17.5 Å². The Bertz CT molecular complexity index is 972. The molecule has 1 aliphatic heterocycles. The molecular formula is C22H24ClN3O3S2. The Kier molecular flexibility index (Phi) is 6.99. The average molecular weight is 478 g/mol. The zero-order chi connectivity index (χ0) is 22.0. The van der Waals surface area contributed by atoms with E-state index in [0.717, 1.165) is 31.2 Å². The van der Waals surface area contributed by atoms with E-state index in [9.17, 15) is 14.4 Å². The zero-order valence-electron chi connectivity index (χ0n) is 17.2. The number of hydrogen-bond donors (Lipinski definition) is 1. The zero-order valence-corrected chi connectivity index (χ0v) is 19.6. The van der Waals surface area contributed by atoms with Crippen molar-refractivity contribution in [2.75, 3.05) is 17.3 Å². The lowest BCUT2D eigenvalue weighted by molar-refractivity contribution is -0.146. The van der Waals surface area contributed by atoms with Crippen LogP contribution in [-0.2, 0) is 14.4 Å². The predicted octanol–water partition coefficient (Wildman–Crippen LogP) is 4.70. The van der Waals surface area contributed by atoms with Crippen molar-refractivity contribution in [1.29, 1.82) is 0 Å². The minimum absolute atomic E-state index is 0.188. The summed E-state index contributed by atoms with van der Waals surface area (Å²) in [6.45, 7) is 0. The number of rotatable bonds is 7. The van der Waals surface area contributed by atoms with Gasteiger partial charge in [-0.1, -0.05) is 42.6 Å². The molecule has 2 aromatic rings. The third-order valence-corrected chi connectivity index (χ3v) is 7.70. The van der Waals surface area contributed by atoms with E-state index in [1.165, 1.54) is 16.2 Å². The maximum Gasteiger partial charge on any atom is 0.249 e. The topological polar surface area (TPSA) is 79.4 Å². The minimum atomic E-state index is -0.814.